The van der Waals surface area contributed by atoms with Gasteiger partial charge in [0.05, 0.1) is 18.1 Å². The summed E-state index contributed by atoms with van der Waals surface area (Å²) < 4.78 is 10.9. The van der Waals surface area contributed by atoms with E-state index in [-0.39, 0.29) is 33.8 Å². The topological polar surface area (TPSA) is 76.7 Å². The molecule has 0 radical (unpaired) electrons. The first-order valence-corrected chi connectivity index (χ1v) is 6.54. The third-order valence-electron chi connectivity index (χ3n) is 3.39. The quantitative estimate of drug-likeness (QED) is 0.752. The van der Waals surface area contributed by atoms with Crippen LogP contribution in [-0.4, -0.2) is 18.5 Å². The molecule has 0 spiro atoms. The van der Waals surface area contributed by atoms with Crippen LogP contribution in [0.4, 0.5) is 0 Å². The normalized spacial score (nSPS) is 10.6. The van der Waals surface area contributed by atoms with Gasteiger partial charge < -0.3 is 14.3 Å². The maximum absolute atomic E-state index is 12.6. The number of phenols is 1. The van der Waals surface area contributed by atoms with Gasteiger partial charge in [-0.3, -0.25) is 9.59 Å². The summed E-state index contributed by atoms with van der Waals surface area (Å²) in [6.07, 6.45) is 0.460. The van der Waals surface area contributed by atoms with Gasteiger partial charge >= 0.3 is 0 Å². The molecule has 0 saturated heterocycles. The summed E-state index contributed by atoms with van der Waals surface area (Å²) in [7, 11) is 1.38. The molecule has 0 aliphatic heterocycles. The summed E-state index contributed by atoms with van der Waals surface area (Å²) in [6.45, 7) is 0. The van der Waals surface area contributed by atoms with E-state index in [1.54, 1.807) is 24.3 Å². The van der Waals surface area contributed by atoms with E-state index in [9.17, 15) is 14.7 Å². The zero-order chi connectivity index (χ0) is 15.7. The zero-order valence-corrected chi connectivity index (χ0v) is 11.7. The number of carbonyl (C=O) groups is 1. The van der Waals surface area contributed by atoms with E-state index in [0.29, 0.717) is 11.8 Å². The standard InChI is InChI=1S/C17H12O5/c1-21-17-14(20)11-7-8-13(19)12(9-18)16(11)22-15(17)10-5-3-2-4-6-10/h2-9,19H,1H3. The lowest BCUT2D eigenvalue weighted by Crippen LogP contribution is -2.08. The van der Waals surface area contributed by atoms with Crippen LogP contribution in [0.15, 0.2) is 51.7 Å². The number of methoxy groups -OCH3 is 1. The average Bonchev–Trinajstić information content (AvgIpc) is 2.55. The Morgan fingerprint density at radius 2 is 1.86 bits per heavy atom. The van der Waals surface area contributed by atoms with Crippen LogP contribution >= 0.6 is 0 Å². The summed E-state index contributed by atoms with van der Waals surface area (Å²) >= 11 is 0. The van der Waals surface area contributed by atoms with E-state index < -0.39 is 5.43 Å². The molecule has 5 nitrogen and oxygen atoms in total. The first-order valence-electron chi connectivity index (χ1n) is 6.54. The van der Waals surface area contributed by atoms with Crippen molar-refractivity contribution in [3.05, 3.63) is 58.3 Å². The largest absolute Gasteiger partial charge is 0.507 e. The van der Waals surface area contributed by atoms with Crippen LogP contribution in [0.25, 0.3) is 22.3 Å². The van der Waals surface area contributed by atoms with Crippen molar-refractivity contribution in [3.8, 4) is 22.8 Å². The van der Waals surface area contributed by atoms with Crippen molar-refractivity contribution in [1.29, 1.82) is 0 Å². The third kappa shape index (κ3) is 2.03. The number of rotatable bonds is 3. The van der Waals surface area contributed by atoms with Gasteiger partial charge in [-0.2, -0.15) is 0 Å². The van der Waals surface area contributed by atoms with Crippen molar-refractivity contribution >= 4 is 17.3 Å². The van der Waals surface area contributed by atoms with Gasteiger partial charge in [-0.05, 0) is 12.1 Å². The summed E-state index contributed by atoms with van der Waals surface area (Å²) in [5.41, 5.74) is 0.221. The highest BCUT2D eigenvalue weighted by Gasteiger charge is 2.19. The average molecular weight is 296 g/mol. The van der Waals surface area contributed by atoms with Gasteiger partial charge in [-0.1, -0.05) is 30.3 Å². The second-order valence-electron chi connectivity index (χ2n) is 4.65. The fourth-order valence-electron chi connectivity index (χ4n) is 2.33. The van der Waals surface area contributed by atoms with E-state index in [0.717, 1.165) is 0 Å². The van der Waals surface area contributed by atoms with Crippen LogP contribution < -0.4 is 10.2 Å². The maximum Gasteiger partial charge on any atom is 0.235 e. The molecule has 0 aliphatic rings. The lowest BCUT2D eigenvalue weighted by molar-refractivity contribution is 0.112. The molecular weight excluding hydrogens is 284 g/mol. The molecule has 1 aromatic heterocycles. The fraction of sp³-hybridized carbons (Fsp3) is 0.0588. The number of hydrogen-bond donors (Lipinski definition) is 1. The molecule has 0 atom stereocenters. The minimum Gasteiger partial charge on any atom is -0.507 e. The Hall–Kier alpha value is -3.08. The number of aromatic hydroxyl groups is 1. The van der Waals surface area contributed by atoms with Gasteiger partial charge in [0.25, 0.3) is 0 Å². The molecule has 110 valence electrons. The Bertz CT molecular complexity index is 910. The number of phenolic OH excluding ortho intramolecular Hbond substituents is 1. The predicted octanol–water partition coefficient (Wildman–Crippen LogP) is 2.99. The van der Waals surface area contributed by atoms with Gasteiger partial charge in [0.1, 0.15) is 5.75 Å². The van der Waals surface area contributed by atoms with Gasteiger partial charge in [0.2, 0.25) is 11.2 Å². The fourth-order valence-corrected chi connectivity index (χ4v) is 2.33. The maximum atomic E-state index is 12.6. The Kier molecular flexibility index (Phi) is 3.39. The van der Waals surface area contributed by atoms with Crippen LogP contribution in [0, 0.1) is 0 Å². The molecule has 0 unspecified atom stereocenters. The molecular formula is C17H12O5. The molecule has 1 N–H and O–H groups in total. The van der Waals surface area contributed by atoms with E-state index in [1.807, 2.05) is 6.07 Å². The van der Waals surface area contributed by atoms with Gasteiger partial charge in [-0.15, -0.1) is 0 Å². The van der Waals surface area contributed by atoms with Gasteiger partial charge in [-0.25, -0.2) is 0 Å². The SMILES string of the molecule is COc1c(-c2ccccc2)oc2c(C=O)c(O)ccc2c1=O. The molecule has 5 heteroatoms. The Morgan fingerprint density at radius 1 is 1.14 bits per heavy atom. The van der Waals surface area contributed by atoms with Crippen molar-refractivity contribution in [2.45, 2.75) is 0 Å². The highest BCUT2D eigenvalue weighted by atomic mass is 16.5. The van der Waals surface area contributed by atoms with Crippen molar-refractivity contribution in [2.75, 3.05) is 7.11 Å². The van der Waals surface area contributed by atoms with E-state index in [1.165, 1.54) is 19.2 Å². The Morgan fingerprint density at radius 3 is 2.50 bits per heavy atom. The second-order valence-corrected chi connectivity index (χ2v) is 4.65. The number of carbonyl (C=O) groups excluding carboxylic acids is 1. The van der Waals surface area contributed by atoms with Crippen LogP contribution in [0.5, 0.6) is 11.5 Å². The van der Waals surface area contributed by atoms with Crippen LogP contribution in [0.3, 0.4) is 0 Å². The summed E-state index contributed by atoms with van der Waals surface area (Å²) in [5.74, 6) is 0.0327. The highest BCUT2D eigenvalue weighted by molar-refractivity contribution is 5.98. The van der Waals surface area contributed by atoms with Crippen LogP contribution in [-0.2, 0) is 0 Å². The van der Waals surface area contributed by atoms with Crippen molar-refractivity contribution in [2.24, 2.45) is 0 Å². The predicted molar refractivity (Wildman–Crippen MR) is 81.5 cm³/mol. The van der Waals surface area contributed by atoms with Crippen LogP contribution in [0.2, 0.25) is 0 Å². The molecule has 22 heavy (non-hydrogen) atoms. The molecule has 2 aromatic carbocycles. The molecule has 3 aromatic rings. The number of hydrogen-bond acceptors (Lipinski definition) is 5. The van der Waals surface area contributed by atoms with Gasteiger partial charge in [0.15, 0.2) is 17.6 Å². The summed E-state index contributed by atoms with van der Waals surface area (Å²) in [4.78, 5) is 23.8. The first kappa shape index (κ1) is 13.9. The zero-order valence-electron chi connectivity index (χ0n) is 11.7. The molecule has 0 fully saturated rings. The molecule has 3 rings (SSSR count). The minimum absolute atomic E-state index is 0.0413. The van der Waals surface area contributed by atoms with Crippen LogP contribution in [0.1, 0.15) is 10.4 Å². The number of aldehydes is 1. The third-order valence-corrected chi connectivity index (χ3v) is 3.39. The summed E-state index contributed by atoms with van der Waals surface area (Å²) in [6, 6.07) is 11.6. The molecule has 0 aliphatic carbocycles. The number of benzene rings is 2. The summed E-state index contributed by atoms with van der Waals surface area (Å²) in [5, 5.41) is 9.94. The monoisotopic (exact) mass is 296 g/mol. The van der Waals surface area contributed by atoms with E-state index >= 15 is 0 Å². The Balaban J connectivity index is 2.47. The first-order chi connectivity index (χ1) is 10.7. The molecule has 0 saturated carbocycles. The van der Waals surface area contributed by atoms with E-state index in [2.05, 4.69) is 0 Å². The smallest absolute Gasteiger partial charge is 0.235 e. The highest BCUT2D eigenvalue weighted by Crippen LogP contribution is 2.33. The lowest BCUT2D eigenvalue weighted by atomic mass is 10.1. The molecule has 1 heterocycles. The lowest BCUT2D eigenvalue weighted by Gasteiger charge is -2.10. The number of ether oxygens (including phenoxy) is 1. The van der Waals surface area contributed by atoms with Crippen molar-refractivity contribution in [3.63, 3.8) is 0 Å². The van der Waals surface area contributed by atoms with Gasteiger partial charge in [0, 0.05) is 5.56 Å². The minimum atomic E-state index is -0.397. The Labute approximate surface area is 125 Å². The van der Waals surface area contributed by atoms with Crippen molar-refractivity contribution in [1.82, 2.24) is 0 Å². The van der Waals surface area contributed by atoms with Crippen molar-refractivity contribution < 1.29 is 19.1 Å². The molecule has 0 amide bonds. The second kappa shape index (κ2) is 5.37. The molecule has 0 bridgehead atoms. The van der Waals surface area contributed by atoms with E-state index in [4.69, 9.17) is 9.15 Å². The number of fused-ring (bicyclic) bond motifs is 1.